The number of anilines is 2. The predicted molar refractivity (Wildman–Crippen MR) is 150 cm³/mol. The fraction of sp³-hybridized carbons (Fsp3) is 0.483. The fourth-order valence-electron chi connectivity index (χ4n) is 4.99. The number of hydrogen-bond acceptors (Lipinski definition) is 9. The van der Waals surface area contributed by atoms with E-state index in [1.807, 2.05) is 26.0 Å². The Labute approximate surface area is 237 Å². The average molecular weight is 573 g/mol. The summed E-state index contributed by atoms with van der Waals surface area (Å²) >= 11 is 5.96. The number of nitrogens with zero attached hydrogens (tertiary/aromatic N) is 3. The minimum absolute atomic E-state index is 0.0172. The molecule has 0 saturated carbocycles. The van der Waals surface area contributed by atoms with Crippen molar-refractivity contribution >= 4 is 40.0 Å². The molecule has 1 aromatic heterocycles. The van der Waals surface area contributed by atoms with Gasteiger partial charge >= 0.3 is 5.97 Å². The quantitative estimate of drug-likeness (QED) is 0.235. The number of unbranched alkanes of at least 4 members (excludes halogenated alkanes) is 1. The first kappa shape index (κ1) is 28.3. The van der Waals surface area contributed by atoms with Crippen LogP contribution in [0.4, 0.5) is 15.9 Å². The van der Waals surface area contributed by atoms with Crippen LogP contribution in [0, 0.1) is 5.82 Å². The molecule has 1 atom stereocenters. The molecule has 2 saturated heterocycles. The van der Waals surface area contributed by atoms with E-state index < -0.39 is 11.4 Å². The number of aromatic nitrogens is 2. The van der Waals surface area contributed by atoms with Gasteiger partial charge in [0.2, 0.25) is 0 Å². The molecule has 3 aromatic rings. The molecule has 1 unspecified atom stereocenters. The van der Waals surface area contributed by atoms with Crippen molar-refractivity contribution in [3.8, 4) is 11.5 Å². The summed E-state index contributed by atoms with van der Waals surface area (Å²) in [7, 11) is 0. The average Bonchev–Trinajstić information content (AvgIpc) is 3.42. The minimum atomic E-state index is -0.492. The molecular formula is C29H34ClFN4O5. The second kappa shape index (κ2) is 12.5. The zero-order valence-corrected chi connectivity index (χ0v) is 23.5. The molecule has 3 heterocycles. The van der Waals surface area contributed by atoms with Gasteiger partial charge in [-0.15, -0.1) is 0 Å². The third-order valence-electron chi connectivity index (χ3n) is 6.81. The third kappa shape index (κ3) is 7.30. The minimum Gasteiger partial charge on any atom is -0.490 e. The summed E-state index contributed by atoms with van der Waals surface area (Å²) in [5, 5.41) is 3.93. The van der Waals surface area contributed by atoms with Gasteiger partial charge in [-0.3, -0.25) is 9.69 Å². The summed E-state index contributed by atoms with van der Waals surface area (Å²) in [4.78, 5) is 22.8. The molecule has 40 heavy (non-hydrogen) atoms. The number of carbonyl (C=O) groups excluding carboxylic acids is 1. The van der Waals surface area contributed by atoms with Crippen LogP contribution < -0.4 is 14.8 Å². The maximum atomic E-state index is 13.6. The van der Waals surface area contributed by atoms with E-state index in [1.54, 1.807) is 6.07 Å². The van der Waals surface area contributed by atoms with Crippen LogP contribution in [0.25, 0.3) is 10.9 Å². The molecule has 0 bridgehead atoms. The summed E-state index contributed by atoms with van der Waals surface area (Å²) in [5.41, 5.74) is 0.795. The molecule has 2 aliphatic rings. The number of nitrogens with one attached hydrogen (secondary N) is 1. The van der Waals surface area contributed by atoms with Crippen molar-refractivity contribution in [3.63, 3.8) is 0 Å². The van der Waals surface area contributed by atoms with Gasteiger partial charge in [0, 0.05) is 30.3 Å². The highest BCUT2D eigenvalue weighted by molar-refractivity contribution is 6.31. The number of carbonyl (C=O) groups is 1. The second-order valence-electron chi connectivity index (χ2n) is 10.7. The first-order valence-electron chi connectivity index (χ1n) is 13.6. The molecular weight excluding hydrogens is 539 g/mol. The molecule has 1 N–H and O–H groups in total. The molecule has 11 heteroatoms. The molecule has 5 rings (SSSR count). The zero-order chi connectivity index (χ0) is 28.1. The van der Waals surface area contributed by atoms with Crippen LogP contribution in [0.15, 0.2) is 36.7 Å². The zero-order valence-electron chi connectivity index (χ0n) is 22.8. The SMILES string of the molecule is CC1(C)CN(CCCCOc2cc3ncnc(Nc4ccc(F)c(Cl)c4)c3cc2OCC2CCCO2)CC(=O)O1. The van der Waals surface area contributed by atoms with Gasteiger partial charge in [-0.05, 0) is 70.3 Å². The lowest BCUT2D eigenvalue weighted by atomic mass is 10.1. The number of rotatable bonds is 11. The number of cyclic esters (lactones) is 1. The van der Waals surface area contributed by atoms with Gasteiger partial charge < -0.3 is 24.3 Å². The van der Waals surface area contributed by atoms with Crippen molar-refractivity contribution in [3.05, 3.63) is 47.5 Å². The van der Waals surface area contributed by atoms with Crippen LogP contribution in [-0.4, -0.2) is 72.0 Å². The highest BCUT2D eigenvalue weighted by Gasteiger charge is 2.32. The Hall–Kier alpha value is -3.21. The molecule has 2 aromatic carbocycles. The maximum Gasteiger partial charge on any atom is 0.320 e. The van der Waals surface area contributed by atoms with E-state index in [2.05, 4.69) is 20.2 Å². The van der Waals surface area contributed by atoms with Gasteiger partial charge in [0.25, 0.3) is 0 Å². The van der Waals surface area contributed by atoms with Gasteiger partial charge in [-0.1, -0.05) is 11.6 Å². The van der Waals surface area contributed by atoms with Crippen molar-refractivity contribution in [2.45, 2.75) is 51.2 Å². The van der Waals surface area contributed by atoms with Crippen molar-refractivity contribution in [2.24, 2.45) is 0 Å². The smallest absolute Gasteiger partial charge is 0.320 e. The predicted octanol–water partition coefficient (Wildman–Crippen LogP) is 5.52. The van der Waals surface area contributed by atoms with Crippen LogP contribution >= 0.6 is 11.6 Å². The van der Waals surface area contributed by atoms with Crippen molar-refractivity contribution in [2.75, 3.05) is 44.8 Å². The number of halogens is 2. The van der Waals surface area contributed by atoms with Crippen molar-refractivity contribution < 1.29 is 28.1 Å². The lowest BCUT2D eigenvalue weighted by molar-refractivity contribution is -0.169. The summed E-state index contributed by atoms with van der Waals surface area (Å²) in [6.07, 6.45) is 5.14. The van der Waals surface area contributed by atoms with Gasteiger partial charge in [-0.25, -0.2) is 14.4 Å². The third-order valence-corrected chi connectivity index (χ3v) is 7.09. The van der Waals surface area contributed by atoms with E-state index in [1.165, 1.54) is 18.5 Å². The first-order valence-corrected chi connectivity index (χ1v) is 14.0. The number of ether oxygens (including phenoxy) is 4. The molecule has 214 valence electrons. The van der Waals surface area contributed by atoms with Crippen LogP contribution in [0.3, 0.4) is 0 Å². The Balaban J connectivity index is 1.28. The van der Waals surface area contributed by atoms with E-state index in [0.29, 0.717) is 54.8 Å². The number of benzene rings is 2. The Bertz CT molecular complexity index is 1350. The highest BCUT2D eigenvalue weighted by Crippen LogP contribution is 2.36. The molecule has 0 amide bonds. The Morgan fingerprint density at radius 3 is 2.80 bits per heavy atom. The Kier molecular flexibility index (Phi) is 8.87. The first-order chi connectivity index (χ1) is 19.3. The van der Waals surface area contributed by atoms with Crippen LogP contribution in [0.2, 0.25) is 5.02 Å². The van der Waals surface area contributed by atoms with E-state index in [4.69, 9.17) is 30.5 Å². The summed E-state index contributed by atoms with van der Waals surface area (Å²) in [5.74, 6) is 1.01. The lowest BCUT2D eigenvalue weighted by Gasteiger charge is -2.37. The normalized spacial score (nSPS) is 19.0. The van der Waals surface area contributed by atoms with Gasteiger partial charge in [0.1, 0.15) is 30.2 Å². The molecule has 0 radical (unpaired) electrons. The van der Waals surface area contributed by atoms with Crippen LogP contribution in [0.5, 0.6) is 11.5 Å². The van der Waals surface area contributed by atoms with Crippen molar-refractivity contribution in [1.29, 1.82) is 0 Å². The van der Waals surface area contributed by atoms with Gasteiger partial charge in [0.05, 0.1) is 29.8 Å². The monoisotopic (exact) mass is 572 g/mol. The maximum absolute atomic E-state index is 13.6. The number of morpholine rings is 1. The van der Waals surface area contributed by atoms with E-state index in [9.17, 15) is 9.18 Å². The Morgan fingerprint density at radius 2 is 2.02 bits per heavy atom. The molecule has 0 spiro atoms. The molecule has 2 aliphatic heterocycles. The Morgan fingerprint density at radius 1 is 1.18 bits per heavy atom. The van der Waals surface area contributed by atoms with Gasteiger partial charge in [0.15, 0.2) is 11.5 Å². The molecule has 9 nitrogen and oxygen atoms in total. The topological polar surface area (TPSA) is 95.0 Å². The summed E-state index contributed by atoms with van der Waals surface area (Å²) in [6.45, 7) is 7.30. The van der Waals surface area contributed by atoms with E-state index in [0.717, 1.165) is 44.2 Å². The number of fused-ring (bicyclic) bond motifs is 1. The summed E-state index contributed by atoms with van der Waals surface area (Å²) in [6, 6.07) is 8.09. The van der Waals surface area contributed by atoms with Crippen LogP contribution in [-0.2, 0) is 14.3 Å². The largest absolute Gasteiger partial charge is 0.490 e. The fourth-order valence-corrected chi connectivity index (χ4v) is 5.17. The summed E-state index contributed by atoms with van der Waals surface area (Å²) < 4.78 is 37.1. The van der Waals surface area contributed by atoms with Crippen molar-refractivity contribution in [1.82, 2.24) is 14.9 Å². The second-order valence-corrected chi connectivity index (χ2v) is 11.1. The standard InChI is InChI=1S/C29H34ClFN4O5/c1-29(2)17-35(15-27(36)40-29)9-3-4-10-38-26-14-24-21(13-25(26)39-16-20-6-5-11-37-20)28(33-18-32-24)34-19-7-8-23(31)22(30)12-19/h7-8,12-14,18,20H,3-6,9-11,15-17H2,1-2H3,(H,32,33,34). The van der Waals surface area contributed by atoms with Crippen LogP contribution in [0.1, 0.15) is 39.5 Å². The van der Waals surface area contributed by atoms with Gasteiger partial charge in [-0.2, -0.15) is 0 Å². The lowest BCUT2D eigenvalue weighted by Crippen LogP contribution is -2.50. The van der Waals surface area contributed by atoms with E-state index in [-0.39, 0.29) is 17.1 Å². The molecule has 2 fully saturated rings. The van der Waals surface area contributed by atoms with E-state index >= 15 is 0 Å². The number of hydrogen-bond donors (Lipinski definition) is 1. The molecule has 0 aliphatic carbocycles. The number of esters is 1. The highest BCUT2D eigenvalue weighted by atomic mass is 35.5.